The number of anilines is 1. The second-order valence-corrected chi connectivity index (χ2v) is 7.22. The van der Waals surface area contributed by atoms with Gasteiger partial charge in [0, 0.05) is 18.3 Å². The highest BCUT2D eigenvalue weighted by Gasteiger charge is 2.20. The van der Waals surface area contributed by atoms with E-state index in [1.807, 2.05) is 31.4 Å². The Kier molecular flexibility index (Phi) is 6.33. The minimum atomic E-state index is -0.349. The lowest BCUT2D eigenvalue weighted by molar-refractivity contribution is -0.114. The number of hydrogen-bond acceptors (Lipinski definition) is 4. The van der Waals surface area contributed by atoms with Crippen LogP contribution in [0.4, 0.5) is 10.1 Å². The molecule has 1 unspecified atom stereocenters. The third-order valence-electron chi connectivity index (χ3n) is 4.28. The van der Waals surface area contributed by atoms with Gasteiger partial charge in [0.25, 0.3) is 5.91 Å². The van der Waals surface area contributed by atoms with Gasteiger partial charge in [0.05, 0.1) is 12.2 Å². The summed E-state index contributed by atoms with van der Waals surface area (Å²) in [5.74, 6) is -0.815. The van der Waals surface area contributed by atoms with Crippen molar-refractivity contribution in [1.29, 1.82) is 0 Å². The molecule has 2 amide bonds. The summed E-state index contributed by atoms with van der Waals surface area (Å²) in [5, 5.41) is 6.32. The normalized spacial score (nSPS) is 11.7. The monoisotopic (exact) mass is 412 g/mol. The fourth-order valence-corrected chi connectivity index (χ4v) is 3.47. The number of benzene rings is 2. The fourth-order valence-electron chi connectivity index (χ4n) is 2.92. The van der Waals surface area contributed by atoms with E-state index in [1.165, 1.54) is 37.0 Å². The molecule has 1 heterocycles. The van der Waals surface area contributed by atoms with Crippen molar-refractivity contribution in [2.24, 2.45) is 0 Å². The molecule has 0 saturated carbocycles. The van der Waals surface area contributed by atoms with Crippen LogP contribution in [0.1, 0.15) is 35.9 Å². The van der Waals surface area contributed by atoms with Crippen LogP contribution in [0, 0.1) is 5.82 Å². The zero-order valence-corrected chi connectivity index (χ0v) is 17.1. The number of aromatic nitrogens is 2. The molecule has 150 valence electrons. The van der Waals surface area contributed by atoms with Gasteiger partial charge in [-0.25, -0.2) is 9.37 Å². The van der Waals surface area contributed by atoms with E-state index in [9.17, 15) is 14.0 Å². The van der Waals surface area contributed by atoms with Crippen molar-refractivity contribution >= 4 is 29.3 Å². The van der Waals surface area contributed by atoms with E-state index in [0.29, 0.717) is 22.2 Å². The summed E-state index contributed by atoms with van der Waals surface area (Å²) >= 11 is 1.39. The summed E-state index contributed by atoms with van der Waals surface area (Å²) in [4.78, 5) is 28.5. The van der Waals surface area contributed by atoms with Gasteiger partial charge in [0.15, 0.2) is 5.16 Å². The first kappa shape index (κ1) is 20.6. The minimum absolute atomic E-state index is 0.161. The van der Waals surface area contributed by atoms with Crippen LogP contribution in [0.2, 0.25) is 0 Å². The van der Waals surface area contributed by atoms with Gasteiger partial charge in [-0.05, 0) is 55.1 Å². The van der Waals surface area contributed by atoms with Gasteiger partial charge in [0.1, 0.15) is 11.5 Å². The first-order valence-electron chi connectivity index (χ1n) is 8.95. The zero-order valence-electron chi connectivity index (χ0n) is 16.3. The molecule has 0 fully saturated rings. The summed E-state index contributed by atoms with van der Waals surface area (Å²) in [7, 11) is 0. The number of rotatable bonds is 6. The first-order chi connectivity index (χ1) is 13.9. The van der Waals surface area contributed by atoms with Gasteiger partial charge in [0.2, 0.25) is 5.91 Å². The van der Waals surface area contributed by atoms with E-state index in [-0.39, 0.29) is 23.7 Å². The first-order valence-corrected chi connectivity index (χ1v) is 10.2. The highest BCUT2D eigenvalue weighted by molar-refractivity contribution is 7.98. The topological polar surface area (TPSA) is 76.0 Å². The highest BCUT2D eigenvalue weighted by atomic mass is 32.2. The molecule has 0 spiro atoms. The van der Waals surface area contributed by atoms with Crippen LogP contribution in [0.5, 0.6) is 0 Å². The van der Waals surface area contributed by atoms with E-state index in [0.717, 1.165) is 5.56 Å². The maximum absolute atomic E-state index is 13.3. The summed E-state index contributed by atoms with van der Waals surface area (Å²) in [6.07, 6.45) is 3.37. The van der Waals surface area contributed by atoms with Crippen LogP contribution >= 0.6 is 11.8 Å². The molecule has 0 bridgehead atoms. The summed E-state index contributed by atoms with van der Waals surface area (Å²) in [5.41, 5.74) is 2.52. The van der Waals surface area contributed by atoms with Gasteiger partial charge in [-0.3, -0.25) is 14.2 Å². The maximum Gasteiger partial charge on any atom is 0.270 e. The van der Waals surface area contributed by atoms with E-state index in [1.54, 1.807) is 22.8 Å². The molecule has 0 aliphatic carbocycles. The SMILES string of the molecule is CSc1ncc(C(=O)NC(C)c2cccc(NC(C)=O)c2)n1-c1ccc(F)cc1. The van der Waals surface area contributed by atoms with E-state index in [4.69, 9.17) is 0 Å². The van der Waals surface area contributed by atoms with Crippen LogP contribution in [0.15, 0.2) is 59.9 Å². The van der Waals surface area contributed by atoms with Gasteiger partial charge >= 0.3 is 0 Å². The lowest BCUT2D eigenvalue weighted by atomic mass is 10.1. The third kappa shape index (κ3) is 4.83. The Hall–Kier alpha value is -3.13. The van der Waals surface area contributed by atoms with Crippen molar-refractivity contribution in [3.63, 3.8) is 0 Å². The van der Waals surface area contributed by atoms with Gasteiger partial charge in [-0.1, -0.05) is 23.9 Å². The Bertz CT molecular complexity index is 1030. The molecule has 0 radical (unpaired) electrons. The lowest BCUT2D eigenvalue weighted by Crippen LogP contribution is -2.28. The van der Waals surface area contributed by atoms with Crippen LogP contribution in [0.3, 0.4) is 0 Å². The van der Waals surface area contributed by atoms with Crippen LogP contribution in [0.25, 0.3) is 5.69 Å². The summed E-state index contributed by atoms with van der Waals surface area (Å²) in [6, 6.07) is 12.9. The van der Waals surface area contributed by atoms with Crippen molar-refractivity contribution in [3.05, 3.63) is 71.8 Å². The van der Waals surface area contributed by atoms with Crippen LogP contribution < -0.4 is 10.6 Å². The molecule has 0 aliphatic heterocycles. The predicted octanol–water partition coefficient (Wildman–Crippen LogP) is 4.18. The molecular formula is C21H21FN4O2S. The van der Waals surface area contributed by atoms with Crippen molar-refractivity contribution in [1.82, 2.24) is 14.9 Å². The van der Waals surface area contributed by atoms with Crippen LogP contribution in [-0.2, 0) is 4.79 Å². The Morgan fingerprint density at radius 1 is 1.17 bits per heavy atom. The smallest absolute Gasteiger partial charge is 0.270 e. The molecule has 8 heteroatoms. The standard InChI is InChI=1S/C21H21FN4O2S/c1-13(15-5-4-6-17(11-15)25-14(2)27)24-20(28)19-12-23-21(29-3)26(19)18-9-7-16(22)8-10-18/h4-13H,1-3H3,(H,24,28)(H,25,27). The number of halogens is 1. The highest BCUT2D eigenvalue weighted by Crippen LogP contribution is 2.23. The number of imidazole rings is 1. The molecule has 3 aromatic rings. The zero-order chi connectivity index (χ0) is 21.0. The number of amides is 2. The molecule has 0 saturated heterocycles. The summed E-state index contributed by atoms with van der Waals surface area (Å²) in [6.45, 7) is 3.30. The van der Waals surface area contributed by atoms with Gasteiger partial charge in [-0.15, -0.1) is 0 Å². The molecule has 3 rings (SSSR count). The molecule has 0 aliphatic rings. The molecule has 1 atom stereocenters. The quantitative estimate of drug-likeness (QED) is 0.596. The number of carbonyl (C=O) groups excluding carboxylic acids is 2. The summed E-state index contributed by atoms with van der Waals surface area (Å²) < 4.78 is 15.0. The largest absolute Gasteiger partial charge is 0.344 e. The van der Waals surface area contributed by atoms with Crippen molar-refractivity contribution in [2.45, 2.75) is 25.0 Å². The predicted molar refractivity (Wildman–Crippen MR) is 112 cm³/mol. The third-order valence-corrected chi connectivity index (χ3v) is 4.94. The van der Waals surface area contributed by atoms with E-state index in [2.05, 4.69) is 15.6 Å². The van der Waals surface area contributed by atoms with Crippen LogP contribution in [-0.4, -0.2) is 27.6 Å². The van der Waals surface area contributed by atoms with Gasteiger partial charge < -0.3 is 10.6 Å². The Labute approximate surface area is 172 Å². The Morgan fingerprint density at radius 2 is 1.90 bits per heavy atom. The minimum Gasteiger partial charge on any atom is -0.344 e. The molecule has 2 aromatic carbocycles. The average Bonchev–Trinajstić information content (AvgIpc) is 3.12. The Balaban J connectivity index is 1.85. The molecule has 6 nitrogen and oxygen atoms in total. The van der Waals surface area contributed by atoms with E-state index >= 15 is 0 Å². The molecule has 29 heavy (non-hydrogen) atoms. The number of carbonyl (C=O) groups is 2. The van der Waals surface area contributed by atoms with Gasteiger partial charge in [-0.2, -0.15) is 0 Å². The number of nitrogens with zero attached hydrogens (tertiary/aromatic N) is 2. The number of hydrogen-bond donors (Lipinski definition) is 2. The second-order valence-electron chi connectivity index (χ2n) is 6.44. The number of thioether (sulfide) groups is 1. The van der Waals surface area contributed by atoms with Crippen molar-refractivity contribution in [2.75, 3.05) is 11.6 Å². The molecule has 1 aromatic heterocycles. The second kappa shape index (κ2) is 8.91. The fraction of sp³-hybridized carbons (Fsp3) is 0.190. The average molecular weight is 412 g/mol. The van der Waals surface area contributed by atoms with E-state index < -0.39 is 0 Å². The van der Waals surface area contributed by atoms with Crippen molar-refractivity contribution in [3.8, 4) is 5.69 Å². The Morgan fingerprint density at radius 3 is 2.55 bits per heavy atom. The maximum atomic E-state index is 13.3. The molecular weight excluding hydrogens is 391 g/mol. The van der Waals surface area contributed by atoms with Crippen molar-refractivity contribution < 1.29 is 14.0 Å². The lowest BCUT2D eigenvalue weighted by Gasteiger charge is -2.17. The number of nitrogens with one attached hydrogen (secondary N) is 2. The molecule has 2 N–H and O–H groups in total.